The zero-order valence-corrected chi connectivity index (χ0v) is 12.3. The van der Waals surface area contributed by atoms with Gasteiger partial charge in [-0.3, -0.25) is 0 Å². The number of benzene rings is 1. The fourth-order valence-electron chi connectivity index (χ4n) is 3.23. The maximum absolute atomic E-state index is 5.20. The summed E-state index contributed by atoms with van der Waals surface area (Å²) in [5.74, 6) is 1.81. The molecule has 0 spiro atoms. The molecular formula is C17H27NO. The minimum absolute atomic E-state index is 0.747. The molecule has 2 heteroatoms. The van der Waals surface area contributed by atoms with Crippen molar-refractivity contribution < 1.29 is 4.74 Å². The fraction of sp³-hybridized carbons (Fsp3) is 0.647. The Labute approximate surface area is 117 Å². The molecule has 19 heavy (non-hydrogen) atoms. The van der Waals surface area contributed by atoms with Crippen LogP contribution < -0.4 is 10.1 Å². The Hall–Kier alpha value is -1.02. The molecule has 1 aromatic rings. The quantitative estimate of drug-likeness (QED) is 0.841. The van der Waals surface area contributed by atoms with Crippen molar-refractivity contribution >= 4 is 0 Å². The van der Waals surface area contributed by atoms with E-state index in [0.717, 1.165) is 24.3 Å². The zero-order chi connectivity index (χ0) is 13.5. The highest BCUT2D eigenvalue weighted by Gasteiger charge is 2.23. The van der Waals surface area contributed by atoms with E-state index in [4.69, 9.17) is 4.74 Å². The van der Waals surface area contributed by atoms with Crippen molar-refractivity contribution in [2.24, 2.45) is 5.92 Å². The highest BCUT2D eigenvalue weighted by molar-refractivity contribution is 5.27. The van der Waals surface area contributed by atoms with Crippen molar-refractivity contribution in [3.05, 3.63) is 29.8 Å². The molecule has 0 amide bonds. The number of aryl methyl sites for hydroxylation is 1. The molecule has 1 fully saturated rings. The van der Waals surface area contributed by atoms with E-state index >= 15 is 0 Å². The molecule has 0 aliphatic heterocycles. The summed E-state index contributed by atoms with van der Waals surface area (Å²) in [7, 11) is 1.72. The average molecular weight is 261 g/mol. The van der Waals surface area contributed by atoms with Gasteiger partial charge in [0.05, 0.1) is 7.11 Å². The maximum atomic E-state index is 5.20. The zero-order valence-electron chi connectivity index (χ0n) is 12.3. The topological polar surface area (TPSA) is 21.3 Å². The molecule has 106 valence electrons. The van der Waals surface area contributed by atoms with Gasteiger partial charge >= 0.3 is 0 Å². The first-order valence-electron chi connectivity index (χ1n) is 7.69. The Morgan fingerprint density at radius 3 is 2.58 bits per heavy atom. The number of hydrogen-bond acceptors (Lipinski definition) is 2. The van der Waals surface area contributed by atoms with E-state index < -0.39 is 0 Å². The van der Waals surface area contributed by atoms with Crippen molar-refractivity contribution in [2.75, 3.05) is 13.7 Å². The Morgan fingerprint density at radius 1 is 1.16 bits per heavy atom. The van der Waals surface area contributed by atoms with Crippen molar-refractivity contribution in [1.29, 1.82) is 0 Å². The second kappa shape index (κ2) is 7.54. The van der Waals surface area contributed by atoms with Gasteiger partial charge < -0.3 is 10.1 Å². The molecule has 1 saturated carbocycles. The van der Waals surface area contributed by atoms with Gasteiger partial charge in [0, 0.05) is 6.04 Å². The van der Waals surface area contributed by atoms with Crippen LogP contribution in [0, 0.1) is 5.92 Å². The van der Waals surface area contributed by atoms with Crippen LogP contribution in [0.3, 0.4) is 0 Å². The van der Waals surface area contributed by atoms with Crippen molar-refractivity contribution in [3.8, 4) is 5.75 Å². The van der Waals surface area contributed by atoms with Crippen LogP contribution in [0.2, 0.25) is 0 Å². The number of methoxy groups -OCH3 is 1. The first-order valence-corrected chi connectivity index (χ1v) is 7.69. The Bertz CT molecular complexity index is 358. The normalized spacial score (nSPS) is 23.3. The fourth-order valence-corrected chi connectivity index (χ4v) is 3.23. The van der Waals surface area contributed by atoms with Gasteiger partial charge in [0.25, 0.3) is 0 Å². The molecule has 0 heterocycles. The number of hydrogen-bond donors (Lipinski definition) is 1. The summed E-state index contributed by atoms with van der Waals surface area (Å²) in [6, 6.07) is 9.28. The lowest BCUT2D eigenvalue weighted by Gasteiger charge is -2.32. The van der Waals surface area contributed by atoms with E-state index in [1.165, 1.54) is 44.1 Å². The summed E-state index contributed by atoms with van der Waals surface area (Å²) in [5, 5.41) is 3.67. The third kappa shape index (κ3) is 4.24. The minimum atomic E-state index is 0.747. The van der Waals surface area contributed by atoms with Gasteiger partial charge in [-0.2, -0.15) is 0 Å². The smallest absolute Gasteiger partial charge is 0.118 e. The second-order valence-corrected chi connectivity index (χ2v) is 5.60. The van der Waals surface area contributed by atoms with Crippen LogP contribution in [0.15, 0.2) is 24.3 Å². The second-order valence-electron chi connectivity index (χ2n) is 5.60. The first-order chi connectivity index (χ1) is 9.33. The highest BCUT2D eigenvalue weighted by atomic mass is 16.5. The highest BCUT2D eigenvalue weighted by Crippen LogP contribution is 2.28. The molecule has 1 aliphatic carbocycles. The third-order valence-corrected chi connectivity index (χ3v) is 4.34. The van der Waals surface area contributed by atoms with Gasteiger partial charge in [-0.25, -0.2) is 0 Å². The summed E-state index contributed by atoms with van der Waals surface area (Å²) in [4.78, 5) is 0. The molecule has 0 radical (unpaired) electrons. The summed E-state index contributed by atoms with van der Waals surface area (Å²) in [5.41, 5.74) is 1.43. The lowest BCUT2D eigenvalue weighted by atomic mass is 9.81. The standard InChI is InChI=1S/C17H27NO/c1-3-18-17-7-5-4-6-15(17)11-8-14-9-12-16(19-2)13-10-14/h9-10,12-13,15,17-18H,3-8,11H2,1-2H3. The lowest BCUT2D eigenvalue weighted by Crippen LogP contribution is -2.38. The molecule has 2 unspecified atom stereocenters. The predicted octanol–water partition coefficient (Wildman–Crippen LogP) is 3.80. The molecule has 1 N–H and O–H groups in total. The molecule has 2 rings (SSSR count). The molecule has 0 aromatic heterocycles. The van der Waals surface area contributed by atoms with Gasteiger partial charge in [0.2, 0.25) is 0 Å². The van der Waals surface area contributed by atoms with Crippen LogP contribution in [0.25, 0.3) is 0 Å². The maximum Gasteiger partial charge on any atom is 0.118 e. The van der Waals surface area contributed by atoms with E-state index in [9.17, 15) is 0 Å². The van der Waals surface area contributed by atoms with Crippen molar-refractivity contribution in [2.45, 2.75) is 51.5 Å². The molecule has 1 aromatic carbocycles. The van der Waals surface area contributed by atoms with Crippen molar-refractivity contribution in [1.82, 2.24) is 5.32 Å². The van der Waals surface area contributed by atoms with Crippen LogP contribution in [-0.2, 0) is 6.42 Å². The third-order valence-electron chi connectivity index (χ3n) is 4.34. The Balaban J connectivity index is 1.85. The molecule has 2 atom stereocenters. The molecule has 0 bridgehead atoms. The summed E-state index contributed by atoms with van der Waals surface area (Å²) in [6.45, 7) is 3.32. The minimum Gasteiger partial charge on any atom is -0.497 e. The Morgan fingerprint density at radius 2 is 1.89 bits per heavy atom. The van der Waals surface area contributed by atoms with Crippen LogP contribution in [0.1, 0.15) is 44.6 Å². The van der Waals surface area contributed by atoms with Gasteiger partial charge in [-0.05, 0) is 55.8 Å². The molecule has 0 saturated heterocycles. The van der Waals surface area contributed by atoms with E-state index in [0.29, 0.717) is 0 Å². The number of nitrogens with one attached hydrogen (secondary N) is 1. The first kappa shape index (κ1) is 14.4. The van der Waals surface area contributed by atoms with Crippen LogP contribution in [0.5, 0.6) is 5.75 Å². The largest absolute Gasteiger partial charge is 0.497 e. The molecule has 1 aliphatic rings. The monoisotopic (exact) mass is 261 g/mol. The molecular weight excluding hydrogens is 234 g/mol. The summed E-state index contributed by atoms with van der Waals surface area (Å²) < 4.78 is 5.20. The van der Waals surface area contributed by atoms with Crippen molar-refractivity contribution in [3.63, 3.8) is 0 Å². The Kier molecular flexibility index (Phi) is 5.71. The summed E-state index contributed by atoms with van der Waals surface area (Å²) in [6.07, 6.45) is 8.07. The van der Waals surface area contributed by atoms with Crippen LogP contribution in [-0.4, -0.2) is 19.7 Å². The van der Waals surface area contributed by atoms with Gasteiger partial charge in [-0.1, -0.05) is 31.9 Å². The number of rotatable bonds is 6. The van der Waals surface area contributed by atoms with Crippen LogP contribution >= 0.6 is 0 Å². The number of ether oxygens (including phenoxy) is 1. The van der Waals surface area contributed by atoms with E-state index in [1.54, 1.807) is 7.11 Å². The molecule has 2 nitrogen and oxygen atoms in total. The van der Waals surface area contributed by atoms with Gasteiger partial charge in [-0.15, -0.1) is 0 Å². The van der Waals surface area contributed by atoms with Crippen LogP contribution in [0.4, 0.5) is 0 Å². The predicted molar refractivity (Wildman–Crippen MR) is 80.7 cm³/mol. The summed E-state index contributed by atoms with van der Waals surface area (Å²) >= 11 is 0. The van der Waals surface area contributed by atoms with E-state index in [-0.39, 0.29) is 0 Å². The van der Waals surface area contributed by atoms with Gasteiger partial charge in [0.15, 0.2) is 0 Å². The van der Waals surface area contributed by atoms with Gasteiger partial charge in [0.1, 0.15) is 5.75 Å². The SMILES string of the molecule is CCNC1CCCCC1CCc1ccc(OC)cc1. The average Bonchev–Trinajstić information content (AvgIpc) is 2.47. The van der Waals surface area contributed by atoms with E-state index in [1.807, 2.05) is 0 Å². The lowest BCUT2D eigenvalue weighted by molar-refractivity contribution is 0.252. The van der Waals surface area contributed by atoms with E-state index in [2.05, 4.69) is 36.5 Å².